The number of hydrogen-bond donors (Lipinski definition) is 1. The van der Waals surface area contributed by atoms with Crippen LogP contribution in [0.2, 0.25) is 0 Å². The molecule has 2 aliphatic heterocycles. The first-order chi connectivity index (χ1) is 17.6. The normalized spacial score (nSPS) is 15.7. The van der Waals surface area contributed by atoms with E-state index in [0.29, 0.717) is 24.4 Å². The molecule has 0 saturated carbocycles. The lowest BCUT2D eigenvalue weighted by Gasteiger charge is -2.46. The molecular weight excluding hydrogens is 454 g/mol. The van der Waals surface area contributed by atoms with Crippen LogP contribution in [0, 0.1) is 0 Å². The number of carbonyl (C=O) groups excluding carboxylic acids is 1. The van der Waals surface area contributed by atoms with Crippen molar-refractivity contribution in [1.82, 2.24) is 9.47 Å². The van der Waals surface area contributed by atoms with E-state index in [2.05, 4.69) is 40.3 Å². The number of carbonyl (C=O) groups is 1. The molecule has 7 nitrogen and oxygen atoms in total. The number of amides is 1. The molecule has 184 valence electrons. The van der Waals surface area contributed by atoms with Gasteiger partial charge in [-0.15, -0.1) is 0 Å². The molecule has 7 heteroatoms. The molecule has 3 aromatic carbocycles. The molecule has 36 heavy (non-hydrogen) atoms. The van der Waals surface area contributed by atoms with Gasteiger partial charge in [-0.3, -0.25) is 4.79 Å². The quantitative estimate of drug-likeness (QED) is 0.432. The van der Waals surface area contributed by atoms with Gasteiger partial charge in [-0.25, -0.2) is 0 Å². The van der Waals surface area contributed by atoms with Crippen molar-refractivity contribution in [3.8, 4) is 22.9 Å². The third kappa shape index (κ3) is 3.38. The minimum absolute atomic E-state index is 0.0269. The summed E-state index contributed by atoms with van der Waals surface area (Å²) in [5.74, 6) is 2.30. The molecule has 2 aliphatic rings. The van der Waals surface area contributed by atoms with E-state index in [9.17, 15) is 4.79 Å². The summed E-state index contributed by atoms with van der Waals surface area (Å²) in [6, 6.07) is 19.9. The lowest BCUT2D eigenvalue weighted by Crippen LogP contribution is -2.51. The van der Waals surface area contributed by atoms with E-state index in [1.165, 1.54) is 5.69 Å². The van der Waals surface area contributed by atoms with E-state index in [1.54, 1.807) is 21.3 Å². The van der Waals surface area contributed by atoms with E-state index in [-0.39, 0.29) is 11.4 Å². The van der Waals surface area contributed by atoms with Crippen molar-refractivity contribution in [3.63, 3.8) is 0 Å². The van der Waals surface area contributed by atoms with Crippen LogP contribution in [0.3, 0.4) is 0 Å². The number of hydrogen-bond acceptors (Lipinski definition) is 5. The first-order valence-corrected chi connectivity index (χ1v) is 12.2. The maximum Gasteiger partial charge on any atom is 0.254 e. The molecule has 1 spiro atoms. The zero-order valence-corrected chi connectivity index (χ0v) is 20.7. The van der Waals surface area contributed by atoms with Crippen molar-refractivity contribution in [3.05, 3.63) is 78.1 Å². The zero-order valence-electron chi connectivity index (χ0n) is 20.7. The van der Waals surface area contributed by atoms with Crippen LogP contribution in [0.4, 0.5) is 5.69 Å². The Bertz CT molecular complexity index is 1470. The van der Waals surface area contributed by atoms with E-state index >= 15 is 0 Å². The number of likely N-dealkylation sites (tertiary alicyclic amines) is 1. The van der Waals surface area contributed by atoms with Gasteiger partial charge in [0.25, 0.3) is 5.91 Å². The largest absolute Gasteiger partial charge is 0.497 e. The molecular formula is C29H29N3O4. The second kappa shape index (κ2) is 8.52. The van der Waals surface area contributed by atoms with Crippen LogP contribution in [0.25, 0.3) is 16.5 Å². The maximum absolute atomic E-state index is 13.8. The number of rotatable bonds is 4. The topological polar surface area (TPSA) is 65.0 Å². The SMILES string of the molecule is COc1ccc2c(c1)NC1(CCN(C(=O)c3ccc(OC)c4ccc(OC)cc34)CC1)c1cccn1-2. The first-order valence-electron chi connectivity index (χ1n) is 12.2. The highest BCUT2D eigenvalue weighted by Crippen LogP contribution is 2.44. The fourth-order valence-electron chi connectivity index (χ4n) is 5.69. The summed E-state index contributed by atoms with van der Waals surface area (Å²) in [5.41, 5.74) is 3.80. The van der Waals surface area contributed by atoms with Crippen LogP contribution in [-0.4, -0.2) is 49.8 Å². The number of anilines is 1. The fourth-order valence-corrected chi connectivity index (χ4v) is 5.69. The second-order valence-electron chi connectivity index (χ2n) is 9.37. The van der Waals surface area contributed by atoms with Crippen molar-refractivity contribution in [2.24, 2.45) is 0 Å². The number of benzene rings is 3. The number of nitrogens with one attached hydrogen (secondary N) is 1. The number of nitrogens with zero attached hydrogens (tertiary/aromatic N) is 2. The zero-order chi connectivity index (χ0) is 24.9. The molecule has 1 aromatic heterocycles. The molecule has 0 unspecified atom stereocenters. The monoisotopic (exact) mass is 483 g/mol. The van der Waals surface area contributed by atoms with Crippen LogP contribution in [-0.2, 0) is 5.54 Å². The van der Waals surface area contributed by atoms with E-state index in [1.807, 2.05) is 41.3 Å². The Labute approximate surface area is 210 Å². The molecule has 3 heterocycles. The summed E-state index contributed by atoms with van der Waals surface area (Å²) in [7, 11) is 4.96. The Morgan fingerprint density at radius 2 is 1.61 bits per heavy atom. The van der Waals surface area contributed by atoms with E-state index < -0.39 is 0 Å². The predicted octanol–water partition coefficient (Wildman–Crippen LogP) is 5.21. The summed E-state index contributed by atoms with van der Waals surface area (Å²) in [5, 5.41) is 5.55. The third-order valence-corrected chi connectivity index (χ3v) is 7.61. The van der Waals surface area contributed by atoms with Crippen LogP contribution >= 0.6 is 0 Å². The second-order valence-corrected chi connectivity index (χ2v) is 9.37. The maximum atomic E-state index is 13.8. The Balaban J connectivity index is 1.30. The summed E-state index contributed by atoms with van der Waals surface area (Å²) in [4.78, 5) is 15.7. The van der Waals surface area contributed by atoms with Gasteiger partial charge in [-0.05, 0) is 67.4 Å². The van der Waals surface area contributed by atoms with Crippen molar-refractivity contribution >= 4 is 22.4 Å². The number of piperidine rings is 1. The predicted molar refractivity (Wildman–Crippen MR) is 140 cm³/mol. The highest BCUT2D eigenvalue weighted by Gasteiger charge is 2.42. The third-order valence-electron chi connectivity index (χ3n) is 7.61. The lowest BCUT2D eigenvalue weighted by molar-refractivity contribution is 0.0678. The van der Waals surface area contributed by atoms with Crippen LogP contribution < -0.4 is 19.5 Å². The van der Waals surface area contributed by atoms with Gasteiger partial charge in [0.2, 0.25) is 0 Å². The standard InChI is InChI=1S/C29H29N3O4/c1-34-19-6-8-21-23(17-19)22(9-11-26(21)36-3)28(33)31-15-12-29(13-16-31)27-5-4-14-32(27)25-10-7-20(35-2)18-24(25)30-29/h4-11,14,17-18,30H,12-13,15-16H2,1-3H3. The Morgan fingerprint density at radius 3 is 2.36 bits per heavy atom. The van der Waals surface area contributed by atoms with E-state index in [0.717, 1.165) is 46.5 Å². The van der Waals surface area contributed by atoms with Crippen molar-refractivity contribution in [2.75, 3.05) is 39.7 Å². The van der Waals surface area contributed by atoms with Gasteiger partial charge in [0.05, 0.1) is 38.2 Å². The molecule has 1 N–H and O–H groups in total. The summed E-state index contributed by atoms with van der Waals surface area (Å²) >= 11 is 0. The highest BCUT2D eigenvalue weighted by atomic mass is 16.5. The first kappa shape index (κ1) is 22.3. The molecule has 0 aliphatic carbocycles. The summed E-state index contributed by atoms with van der Waals surface area (Å²) < 4.78 is 18.7. The van der Waals surface area contributed by atoms with Gasteiger partial charge in [0.1, 0.15) is 17.2 Å². The Hall–Kier alpha value is -4.13. The molecule has 1 saturated heterocycles. The Morgan fingerprint density at radius 1 is 0.861 bits per heavy atom. The van der Waals surface area contributed by atoms with Crippen LogP contribution in [0.1, 0.15) is 28.9 Å². The van der Waals surface area contributed by atoms with Gasteiger partial charge < -0.3 is 29.0 Å². The summed E-state index contributed by atoms with van der Waals surface area (Å²) in [6.07, 6.45) is 3.71. The molecule has 0 atom stereocenters. The van der Waals surface area contributed by atoms with Gasteiger partial charge >= 0.3 is 0 Å². The molecule has 6 rings (SSSR count). The van der Waals surface area contributed by atoms with Crippen molar-refractivity contribution in [1.29, 1.82) is 0 Å². The number of fused-ring (bicyclic) bond motifs is 5. The highest BCUT2D eigenvalue weighted by molar-refractivity contribution is 6.09. The molecule has 4 aromatic rings. The molecule has 1 fully saturated rings. The van der Waals surface area contributed by atoms with Gasteiger partial charge in [0, 0.05) is 47.4 Å². The van der Waals surface area contributed by atoms with Gasteiger partial charge in [-0.2, -0.15) is 0 Å². The van der Waals surface area contributed by atoms with Crippen LogP contribution in [0.5, 0.6) is 17.2 Å². The molecule has 0 bridgehead atoms. The fraction of sp³-hybridized carbons (Fsp3) is 0.276. The number of ether oxygens (including phenoxy) is 3. The van der Waals surface area contributed by atoms with Gasteiger partial charge in [0.15, 0.2) is 0 Å². The van der Waals surface area contributed by atoms with Gasteiger partial charge in [-0.1, -0.05) is 0 Å². The van der Waals surface area contributed by atoms with E-state index in [4.69, 9.17) is 14.2 Å². The van der Waals surface area contributed by atoms with Crippen LogP contribution in [0.15, 0.2) is 66.9 Å². The average Bonchev–Trinajstić information content (AvgIpc) is 3.43. The summed E-state index contributed by atoms with van der Waals surface area (Å²) in [6.45, 7) is 1.29. The lowest BCUT2D eigenvalue weighted by atomic mass is 9.82. The average molecular weight is 484 g/mol. The minimum atomic E-state index is -0.245. The van der Waals surface area contributed by atoms with Crippen molar-refractivity contribution < 1.29 is 19.0 Å². The number of aromatic nitrogens is 1. The molecule has 0 radical (unpaired) electrons. The number of methoxy groups -OCH3 is 3. The smallest absolute Gasteiger partial charge is 0.254 e. The molecule has 1 amide bonds. The minimum Gasteiger partial charge on any atom is -0.497 e. The Kier molecular flexibility index (Phi) is 5.29. The van der Waals surface area contributed by atoms with Crippen molar-refractivity contribution in [2.45, 2.75) is 18.4 Å².